The first kappa shape index (κ1) is 20.0. The van der Waals surface area contributed by atoms with Gasteiger partial charge in [-0.2, -0.15) is 0 Å². The molecule has 0 aliphatic heterocycles. The fraction of sp³-hybridized carbons (Fsp3) is 0.350. The van der Waals surface area contributed by atoms with Gasteiger partial charge in [0.1, 0.15) is 11.5 Å². The van der Waals surface area contributed by atoms with Gasteiger partial charge in [-0.05, 0) is 28.7 Å². The topological polar surface area (TPSA) is 72.5 Å². The van der Waals surface area contributed by atoms with E-state index in [0.29, 0.717) is 17.0 Å². The summed E-state index contributed by atoms with van der Waals surface area (Å²) < 4.78 is 29.8. The SMILES string of the molecule is COc1ccccc1NC(=O)CS(=O)(=O)Cc1ccc(C(C)(C)C)cc1. The summed E-state index contributed by atoms with van der Waals surface area (Å²) in [7, 11) is -2.09. The summed E-state index contributed by atoms with van der Waals surface area (Å²) in [4.78, 5) is 12.1. The van der Waals surface area contributed by atoms with E-state index < -0.39 is 21.5 Å². The number of nitrogens with one attached hydrogen (secondary N) is 1. The zero-order chi connectivity index (χ0) is 19.4. The molecule has 0 aliphatic carbocycles. The summed E-state index contributed by atoms with van der Waals surface area (Å²) in [5.41, 5.74) is 2.26. The maximum atomic E-state index is 12.3. The lowest BCUT2D eigenvalue weighted by Gasteiger charge is -2.19. The average Bonchev–Trinajstić information content (AvgIpc) is 2.54. The van der Waals surface area contributed by atoms with Crippen molar-refractivity contribution in [2.45, 2.75) is 31.9 Å². The van der Waals surface area contributed by atoms with Crippen molar-refractivity contribution in [3.05, 3.63) is 59.7 Å². The zero-order valence-corrected chi connectivity index (χ0v) is 16.4. The summed E-state index contributed by atoms with van der Waals surface area (Å²) >= 11 is 0. The standard InChI is InChI=1S/C20H25NO4S/c1-20(2,3)16-11-9-15(10-12-16)13-26(23,24)14-19(22)21-17-7-5-6-8-18(17)25-4/h5-12H,13-14H2,1-4H3,(H,21,22). The Bertz CT molecular complexity index is 865. The molecule has 0 aliphatic rings. The van der Waals surface area contributed by atoms with Crippen molar-refractivity contribution >= 4 is 21.4 Å². The van der Waals surface area contributed by atoms with Crippen LogP contribution >= 0.6 is 0 Å². The van der Waals surface area contributed by atoms with Gasteiger partial charge in [-0.1, -0.05) is 57.2 Å². The third-order valence-electron chi connectivity index (χ3n) is 3.94. The van der Waals surface area contributed by atoms with E-state index in [2.05, 4.69) is 26.1 Å². The van der Waals surface area contributed by atoms with Crippen LogP contribution in [0, 0.1) is 0 Å². The van der Waals surface area contributed by atoms with Crippen LogP contribution in [0.1, 0.15) is 31.9 Å². The van der Waals surface area contributed by atoms with E-state index in [1.54, 1.807) is 36.4 Å². The molecule has 0 radical (unpaired) electrons. The third kappa shape index (κ3) is 5.59. The van der Waals surface area contributed by atoms with Crippen molar-refractivity contribution in [2.24, 2.45) is 0 Å². The van der Waals surface area contributed by atoms with Gasteiger partial charge < -0.3 is 10.1 Å². The monoisotopic (exact) mass is 375 g/mol. The van der Waals surface area contributed by atoms with Crippen molar-refractivity contribution in [1.29, 1.82) is 0 Å². The predicted molar refractivity (Wildman–Crippen MR) is 104 cm³/mol. The lowest BCUT2D eigenvalue weighted by Crippen LogP contribution is -2.24. The number of carbonyl (C=O) groups excluding carboxylic acids is 1. The molecule has 1 N–H and O–H groups in total. The maximum absolute atomic E-state index is 12.3. The molecule has 1 amide bonds. The average molecular weight is 375 g/mol. The van der Waals surface area contributed by atoms with E-state index in [1.807, 2.05) is 12.1 Å². The molecule has 26 heavy (non-hydrogen) atoms. The van der Waals surface area contributed by atoms with Crippen LogP contribution in [0.15, 0.2) is 48.5 Å². The van der Waals surface area contributed by atoms with Crippen molar-refractivity contribution in [3.63, 3.8) is 0 Å². The molecule has 0 heterocycles. The highest BCUT2D eigenvalue weighted by atomic mass is 32.2. The summed E-state index contributed by atoms with van der Waals surface area (Å²) in [5.74, 6) is -0.847. The van der Waals surface area contributed by atoms with Crippen LogP contribution in [0.4, 0.5) is 5.69 Å². The van der Waals surface area contributed by atoms with Gasteiger partial charge in [-0.15, -0.1) is 0 Å². The number of ether oxygens (including phenoxy) is 1. The van der Waals surface area contributed by atoms with Crippen molar-refractivity contribution in [1.82, 2.24) is 0 Å². The normalized spacial score (nSPS) is 11.8. The Kier molecular flexibility index (Phi) is 6.08. The van der Waals surface area contributed by atoms with Gasteiger partial charge in [0.05, 0.1) is 18.6 Å². The third-order valence-corrected chi connectivity index (χ3v) is 5.41. The molecule has 2 aromatic rings. The molecule has 5 nitrogen and oxygen atoms in total. The highest BCUT2D eigenvalue weighted by molar-refractivity contribution is 7.91. The smallest absolute Gasteiger partial charge is 0.239 e. The van der Waals surface area contributed by atoms with Crippen LogP contribution in [0.25, 0.3) is 0 Å². The molecule has 0 spiro atoms. The summed E-state index contributed by atoms with van der Waals surface area (Å²) in [6.45, 7) is 6.29. The number of methoxy groups -OCH3 is 1. The van der Waals surface area contributed by atoms with E-state index in [4.69, 9.17) is 4.74 Å². The Labute approximate surface area is 155 Å². The molecular weight excluding hydrogens is 350 g/mol. The van der Waals surface area contributed by atoms with E-state index in [-0.39, 0.29) is 11.2 Å². The fourth-order valence-electron chi connectivity index (χ4n) is 2.54. The fourth-order valence-corrected chi connectivity index (χ4v) is 3.81. The van der Waals surface area contributed by atoms with E-state index in [0.717, 1.165) is 5.56 Å². The molecule has 2 aromatic carbocycles. The number of benzene rings is 2. The minimum atomic E-state index is -3.57. The van der Waals surface area contributed by atoms with Crippen LogP contribution in [-0.4, -0.2) is 27.2 Å². The number of hydrogen-bond donors (Lipinski definition) is 1. The van der Waals surface area contributed by atoms with Gasteiger partial charge in [-0.3, -0.25) is 4.79 Å². The number of amides is 1. The van der Waals surface area contributed by atoms with Gasteiger partial charge in [0.2, 0.25) is 5.91 Å². The first-order valence-electron chi connectivity index (χ1n) is 8.33. The number of para-hydroxylation sites is 2. The van der Waals surface area contributed by atoms with Gasteiger partial charge in [-0.25, -0.2) is 8.42 Å². The minimum absolute atomic E-state index is 0.00598. The number of anilines is 1. The number of sulfone groups is 1. The molecule has 140 valence electrons. The van der Waals surface area contributed by atoms with E-state index in [9.17, 15) is 13.2 Å². The molecule has 0 fully saturated rings. The highest BCUT2D eigenvalue weighted by Crippen LogP contribution is 2.24. The van der Waals surface area contributed by atoms with Crippen LogP contribution in [0.5, 0.6) is 5.75 Å². The van der Waals surface area contributed by atoms with Crippen LogP contribution in [0.2, 0.25) is 0 Å². The van der Waals surface area contributed by atoms with E-state index >= 15 is 0 Å². The molecule has 6 heteroatoms. The largest absolute Gasteiger partial charge is 0.495 e. The Morgan fingerprint density at radius 1 is 1.04 bits per heavy atom. The highest BCUT2D eigenvalue weighted by Gasteiger charge is 2.19. The molecule has 0 bridgehead atoms. The van der Waals surface area contributed by atoms with Crippen LogP contribution in [0.3, 0.4) is 0 Å². The summed E-state index contributed by atoms with van der Waals surface area (Å²) in [6.07, 6.45) is 0. The Balaban J connectivity index is 2.03. The minimum Gasteiger partial charge on any atom is -0.495 e. The van der Waals surface area contributed by atoms with Gasteiger partial charge in [0, 0.05) is 0 Å². The first-order valence-corrected chi connectivity index (χ1v) is 10.2. The second-order valence-corrected chi connectivity index (χ2v) is 9.29. The van der Waals surface area contributed by atoms with Gasteiger partial charge in [0.15, 0.2) is 9.84 Å². The van der Waals surface area contributed by atoms with E-state index in [1.165, 1.54) is 7.11 Å². The van der Waals surface area contributed by atoms with Crippen LogP contribution < -0.4 is 10.1 Å². The van der Waals surface area contributed by atoms with Crippen molar-refractivity contribution < 1.29 is 17.9 Å². The Morgan fingerprint density at radius 2 is 1.65 bits per heavy atom. The molecule has 0 aromatic heterocycles. The Hall–Kier alpha value is -2.34. The lowest BCUT2D eigenvalue weighted by molar-refractivity contribution is -0.113. The second kappa shape index (κ2) is 7.91. The number of carbonyl (C=O) groups is 1. The molecular formula is C20H25NO4S. The lowest BCUT2D eigenvalue weighted by atomic mass is 9.87. The quantitative estimate of drug-likeness (QED) is 0.838. The molecule has 2 rings (SSSR count). The first-order chi connectivity index (χ1) is 12.1. The molecule has 0 unspecified atom stereocenters. The zero-order valence-electron chi connectivity index (χ0n) is 15.6. The van der Waals surface area contributed by atoms with Crippen molar-refractivity contribution in [2.75, 3.05) is 18.2 Å². The number of hydrogen-bond acceptors (Lipinski definition) is 4. The maximum Gasteiger partial charge on any atom is 0.239 e. The number of rotatable bonds is 6. The van der Waals surface area contributed by atoms with Gasteiger partial charge in [0.25, 0.3) is 0 Å². The van der Waals surface area contributed by atoms with Gasteiger partial charge >= 0.3 is 0 Å². The molecule has 0 atom stereocenters. The molecule has 0 saturated heterocycles. The molecule has 0 saturated carbocycles. The Morgan fingerprint density at radius 3 is 2.23 bits per heavy atom. The summed E-state index contributed by atoms with van der Waals surface area (Å²) in [6, 6.07) is 14.3. The van der Waals surface area contributed by atoms with Crippen molar-refractivity contribution in [3.8, 4) is 5.75 Å². The van der Waals surface area contributed by atoms with Crippen LogP contribution in [-0.2, 0) is 25.8 Å². The predicted octanol–water partition coefficient (Wildman–Crippen LogP) is 3.55. The second-order valence-electron chi connectivity index (χ2n) is 7.23. The summed E-state index contributed by atoms with van der Waals surface area (Å²) in [5, 5.41) is 2.59.